The summed E-state index contributed by atoms with van der Waals surface area (Å²) >= 11 is 0. The summed E-state index contributed by atoms with van der Waals surface area (Å²) in [5.74, 6) is -0.661. The molecule has 2 heterocycles. The first-order valence-electron chi connectivity index (χ1n) is 7.77. The number of nitrogens with one attached hydrogen (secondary N) is 1. The SMILES string of the molecule is O=C(OCC=Cc1ccccc1)c1ccc(-c2ccccn2)[nH]c1=O. The Balaban J connectivity index is 1.64. The van der Waals surface area contributed by atoms with Crippen LogP contribution in [0.5, 0.6) is 0 Å². The Bertz CT molecular complexity index is 932. The summed E-state index contributed by atoms with van der Waals surface area (Å²) in [4.78, 5) is 31.0. The number of aromatic amines is 1. The van der Waals surface area contributed by atoms with E-state index >= 15 is 0 Å². The Morgan fingerprint density at radius 2 is 1.84 bits per heavy atom. The van der Waals surface area contributed by atoms with Gasteiger partial charge in [0.25, 0.3) is 5.56 Å². The normalized spacial score (nSPS) is 10.7. The van der Waals surface area contributed by atoms with E-state index in [0.29, 0.717) is 11.4 Å². The third-order valence-electron chi connectivity index (χ3n) is 3.49. The van der Waals surface area contributed by atoms with Crippen molar-refractivity contribution < 1.29 is 9.53 Å². The van der Waals surface area contributed by atoms with E-state index in [9.17, 15) is 9.59 Å². The van der Waals surface area contributed by atoms with Crippen LogP contribution in [0.25, 0.3) is 17.5 Å². The van der Waals surface area contributed by atoms with Crippen LogP contribution >= 0.6 is 0 Å². The molecule has 0 saturated carbocycles. The maximum absolute atomic E-state index is 12.1. The molecule has 0 unspecified atom stereocenters. The van der Waals surface area contributed by atoms with Gasteiger partial charge in [0, 0.05) is 6.20 Å². The topological polar surface area (TPSA) is 72.0 Å². The molecule has 1 aromatic carbocycles. The highest BCUT2D eigenvalue weighted by Gasteiger charge is 2.12. The van der Waals surface area contributed by atoms with E-state index in [0.717, 1.165) is 5.56 Å². The van der Waals surface area contributed by atoms with Crippen LogP contribution in [0.3, 0.4) is 0 Å². The predicted octanol–water partition coefficient (Wildman–Crippen LogP) is 3.31. The molecule has 2 aromatic heterocycles. The smallest absolute Gasteiger partial charge is 0.344 e. The number of carbonyl (C=O) groups is 1. The molecule has 0 spiro atoms. The average Bonchev–Trinajstić information content (AvgIpc) is 2.66. The fourth-order valence-electron chi connectivity index (χ4n) is 2.26. The number of hydrogen-bond donors (Lipinski definition) is 1. The van der Waals surface area contributed by atoms with Crippen LogP contribution in [0.1, 0.15) is 15.9 Å². The van der Waals surface area contributed by atoms with Gasteiger partial charge in [-0.05, 0) is 35.9 Å². The number of nitrogens with zero attached hydrogens (tertiary/aromatic N) is 1. The second-order valence-electron chi connectivity index (χ2n) is 5.24. The molecule has 5 heteroatoms. The lowest BCUT2D eigenvalue weighted by Crippen LogP contribution is -2.20. The first-order chi connectivity index (χ1) is 12.2. The Morgan fingerprint density at radius 1 is 1.04 bits per heavy atom. The zero-order valence-corrected chi connectivity index (χ0v) is 13.4. The van der Waals surface area contributed by atoms with Crippen molar-refractivity contribution >= 4 is 12.0 Å². The molecular formula is C20H16N2O3. The predicted molar refractivity (Wildman–Crippen MR) is 96.1 cm³/mol. The minimum atomic E-state index is -0.661. The van der Waals surface area contributed by atoms with Crippen LogP contribution < -0.4 is 5.56 Å². The number of hydrogen-bond acceptors (Lipinski definition) is 4. The van der Waals surface area contributed by atoms with Crippen LogP contribution in [-0.2, 0) is 4.74 Å². The molecule has 0 saturated heterocycles. The lowest BCUT2D eigenvalue weighted by molar-refractivity contribution is 0.0548. The first kappa shape index (κ1) is 16.4. The monoisotopic (exact) mass is 332 g/mol. The van der Waals surface area contributed by atoms with Crippen LogP contribution in [0.15, 0.2) is 77.7 Å². The van der Waals surface area contributed by atoms with Crippen molar-refractivity contribution in [3.8, 4) is 11.4 Å². The molecule has 0 aliphatic rings. The minimum Gasteiger partial charge on any atom is -0.458 e. The van der Waals surface area contributed by atoms with E-state index in [1.54, 1.807) is 30.5 Å². The second-order valence-corrected chi connectivity index (χ2v) is 5.24. The van der Waals surface area contributed by atoms with Gasteiger partial charge in [-0.3, -0.25) is 9.78 Å². The molecule has 3 rings (SSSR count). The summed E-state index contributed by atoms with van der Waals surface area (Å²) in [5, 5.41) is 0. The van der Waals surface area contributed by atoms with Gasteiger partial charge in [-0.1, -0.05) is 42.5 Å². The van der Waals surface area contributed by atoms with Gasteiger partial charge in [0.15, 0.2) is 0 Å². The number of benzene rings is 1. The zero-order chi connectivity index (χ0) is 17.5. The number of ether oxygens (including phenoxy) is 1. The Morgan fingerprint density at radius 3 is 2.56 bits per heavy atom. The Hall–Kier alpha value is -3.47. The van der Waals surface area contributed by atoms with Gasteiger partial charge in [-0.25, -0.2) is 4.79 Å². The summed E-state index contributed by atoms with van der Waals surface area (Å²) in [7, 11) is 0. The highest BCUT2D eigenvalue weighted by atomic mass is 16.5. The van der Waals surface area contributed by atoms with E-state index in [-0.39, 0.29) is 12.2 Å². The number of esters is 1. The molecule has 0 radical (unpaired) electrons. The molecule has 124 valence electrons. The van der Waals surface area contributed by atoms with Gasteiger partial charge < -0.3 is 9.72 Å². The van der Waals surface area contributed by atoms with Crippen LogP contribution in [-0.4, -0.2) is 22.5 Å². The summed E-state index contributed by atoms with van der Waals surface area (Å²) < 4.78 is 5.11. The van der Waals surface area contributed by atoms with E-state index in [2.05, 4.69) is 9.97 Å². The van der Waals surface area contributed by atoms with E-state index < -0.39 is 11.5 Å². The fourth-order valence-corrected chi connectivity index (χ4v) is 2.26. The number of H-pyrrole nitrogens is 1. The van der Waals surface area contributed by atoms with Gasteiger partial charge in [0.05, 0.1) is 11.4 Å². The molecule has 0 aliphatic carbocycles. The van der Waals surface area contributed by atoms with Crippen molar-refractivity contribution in [3.63, 3.8) is 0 Å². The standard InChI is InChI=1S/C20H16N2O3/c23-19-16(11-12-18(22-19)17-10-4-5-13-21-17)20(24)25-14-6-9-15-7-2-1-3-8-15/h1-13H,14H2,(H,22,23). The molecular weight excluding hydrogens is 316 g/mol. The molecule has 0 aliphatic heterocycles. The highest BCUT2D eigenvalue weighted by Crippen LogP contribution is 2.11. The Labute approximate surface area is 144 Å². The van der Waals surface area contributed by atoms with E-state index in [4.69, 9.17) is 4.74 Å². The maximum atomic E-state index is 12.1. The average molecular weight is 332 g/mol. The van der Waals surface area contributed by atoms with Crippen molar-refractivity contribution in [2.75, 3.05) is 6.61 Å². The van der Waals surface area contributed by atoms with Crippen molar-refractivity contribution in [1.82, 2.24) is 9.97 Å². The Kier molecular flexibility index (Phi) is 5.16. The molecule has 0 atom stereocenters. The molecule has 0 amide bonds. The van der Waals surface area contributed by atoms with Crippen molar-refractivity contribution in [2.45, 2.75) is 0 Å². The van der Waals surface area contributed by atoms with Gasteiger partial charge in [0.2, 0.25) is 0 Å². The lowest BCUT2D eigenvalue weighted by Gasteiger charge is -2.04. The molecule has 25 heavy (non-hydrogen) atoms. The minimum absolute atomic E-state index is 0.0345. The lowest BCUT2D eigenvalue weighted by atomic mass is 10.2. The van der Waals surface area contributed by atoms with Gasteiger partial charge in [-0.15, -0.1) is 0 Å². The van der Waals surface area contributed by atoms with Crippen LogP contribution in [0, 0.1) is 0 Å². The zero-order valence-electron chi connectivity index (χ0n) is 13.4. The largest absolute Gasteiger partial charge is 0.458 e. The molecule has 0 bridgehead atoms. The maximum Gasteiger partial charge on any atom is 0.344 e. The number of carbonyl (C=O) groups excluding carboxylic acids is 1. The molecule has 1 N–H and O–H groups in total. The van der Waals surface area contributed by atoms with Gasteiger partial charge >= 0.3 is 5.97 Å². The summed E-state index contributed by atoms with van der Waals surface area (Å²) in [5.41, 5.74) is 1.65. The summed E-state index contributed by atoms with van der Waals surface area (Å²) in [6.07, 6.45) is 5.21. The quantitative estimate of drug-likeness (QED) is 0.728. The number of pyridine rings is 2. The second kappa shape index (κ2) is 7.88. The fraction of sp³-hybridized carbons (Fsp3) is 0.0500. The highest BCUT2D eigenvalue weighted by molar-refractivity contribution is 5.89. The van der Waals surface area contributed by atoms with Gasteiger partial charge in [0.1, 0.15) is 12.2 Å². The molecule has 3 aromatic rings. The number of rotatable bonds is 5. The summed E-state index contributed by atoms with van der Waals surface area (Å²) in [6.45, 7) is 0.0924. The van der Waals surface area contributed by atoms with Crippen molar-refractivity contribution in [3.05, 3.63) is 94.4 Å². The molecule has 0 fully saturated rings. The van der Waals surface area contributed by atoms with Crippen molar-refractivity contribution in [1.29, 1.82) is 0 Å². The van der Waals surface area contributed by atoms with Crippen molar-refractivity contribution in [2.24, 2.45) is 0 Å². The van der Waals surface area contributed by atoms with Gasteiger partial charge in [-0.2, -0.15) is 0 Å². The van der Waals surface area contributed by atoms with Crippen LogP contribution in [0.2, 0.25) is 0 Å². The van der Waals surface area contributed by atoms with Crippen LogP contribution in [0.4, 0.5) is 0 Å². The van der Waals surface area contributed by atoms with E-state index in [1.165, 1.54) is 6.07 Å². The third-order valence-corrected chi connectivity index (χ3v) is 3.49. The molecule has 5 nitrogen and oxygen atoms in total. The third kappa shape index (κ3) is 4.29. The van der Waals surface area contributed by atoms with E-state index in [1.807, 2.05) is 42.5 Å². The summed E-state index contributed by atoms with van der Waals surface area (Å²) in [6, 6.07) is 18.1. The first-order valence-corrected chi connectivity index (χ1v) is 7.77. The number of aromatic nitrogens is 2.